The smallest absolute Gasteiger partial charge is 0.426 e. The van der Waals surface area contributed by atoms with Gasteiger partial charge in [0.2, 0.25) is 5.91 Å². The third-order valence-electron chi connectivity index (χ3n) is 4.55. The van der Waals surface area contributed by atoms with E-state index in [1.54, 1.807) is 6.92 Å². The molecule has 1 rings (SSSR count). The largest absolute Gasteiger partial charge is 0.475 e. The quantitative estimate of drug-likeness (QED) is 0.0488. The summed E-state index contributed by atoms with van der Waals surface area (Å²) in [5.41, 5.74) is 7.90. The maximum atomic E-state index is 14.1. The van der Waals surface area contributed by atoms with Gasteiger partial charge in [-0.05, 0) is 44.2 Å². The lowest BCUT2D eigenvalue weighted by Crippen LogP contribution is -2.78. The lowest BCUT2D eigenvalue weighted by Gasteiger charge is -2.24. The number of halogens is 1. The van der Waals surface area contributed by atoms with E-state index in [4.69, 9.17) is 5.73 Å². The molecule has 0 aliphatic rings. The van der Waals surface area contributed by atoms with Crippen LogP contribution in [-0.4, -0.2) is 53.5 Å². The maximum Gasteiger partial charge on any atom is 0.475 e. The number of guanidine groups is 1. The standard InChI is InChI=1S/C19H30BFN6O5/c1-11(2)9-16(20(30)31)25-18(29)15(5-4-8-23-19(22)26-27-32)24-17(28)13-10-12(3)6-7-14(13)21/h6-7,10-11,15-16,30-31H,4-5,8-9H2,1-3H3,(H,24,28)(H,25,29)(H3,22,23,26,32)/p+1/t15-,16-/m0/s1. The van der Waals surface area contributed by atoms with Crippen molar-refractivity contribution in [3.05, 3.63) is 40.1 Å². The summed E-state index contributed by atoms with van der Waals surface area (Å²) in [6.07, 6.45) is 0.746. The first-order valence-corrected chi connectivity index (χ1v) is 10.2. The molecular formula is C19H31BFN6O5+. The summed E-state index contributed by atoms with van der Waals surface area (Å²) in [7, 11) is -1.79. The van der Waals surface area contributed by atoms with Crippen LogP contribution in [0.2, 0.25) is 0 Å². The molecule has 1 aromatic rings. The topological polar surface area (TPSA) is 180 Å². The van der Waals surface area contributed by atoms with E-state index in [0.29, 0.717) is 18.4 Å². The van der Waals surface area contributed by atoms with Crippen molar-refractivity contribution in [2.45, 2.75) is 52.0 Å². The van der Waals surface area contributed by atoms with E-state index in [9.17, 15) is 28.9 Å². The number of benzene rings is 1. The first kappa shape index (κ1) is 27.0. The Labute approximate surface area is 186 Å². The number of aryl methyl sites for hydroxylation is 1. The monoisotopic (exact) mass is 453 g/mol. The fourth-order valence-corrected chi connectivity index (χ4v) is 2.98. The fraction of sp³-hybridized carbons (Fsp3) is 0.526. The van der Waals surface area contributed by atoms with Gasteiger partial charge in [0.25, 0.3) is 5.91 Å². The van der Waals surface area contributed by atoms with Crippen molar-refractivity contribution in [3.63, 3.8) is 0 Å². The Kier molecular flexibility index (Phi) is 11.3. The van der Waals surface area contributed by atoms with Crippen LogP contribution in [0.3, 0.4) is 0 Å². The summed E-state index contributed by atoms with van der Waals surface area (Å²) in [6, 6.07) is 2.96. The van der Waals surface area contributed by atoms with Crippen molar-refractivity contribution in [1.82, 2.24) is 16.1 Å². The summed E-state index contributed by atoms with van der Waals surface area (Å²) >= 11 is 0. The lowest BCUT2D eigenvalue weighted by atomic mass is 9.75. The number of hydrogen-bond acceptors (Lipinski definition) is 6. The Bertz CT molecular complexity index is 823. The van der Waals surface area contributed by atoms with Gasteiger partial charge >= 0.3 is 13.1 Å². The average Bonchev–Trinajstić information content (AvgIpc) is 2.71. The van der Waals surface area contributed by atoms with Crippen molar-refractivity contribution >= 4 is 24.9 Å². The number of nitrogens with two attached hydrogens (primary N) is 1. The van der Waals surface area contributed by atoms with Gasteiger partial charge in [0.1, 0.15) is 17.1 Å². The predicted molar refractivity (Wildman–Crippen MR) is 117 cm³/mol. The molecule has 2 amide bonds. The normalized spacial score (nSPS) is 13.3. The number of nitroso groups, excluding NO2 is 1. The molecule has 0 aliphatic carbocycles. The van der Waals surface area contributed by atoms with E-state index >= 15 is 0 Å². The lowest BCUT2D eigenvalue weighted by molar-refractivity contribution is -0.461. The van der Waals surface area contributed by atoms with Crippen LogP contribution in [0.5, 0.6) is 0 Å². The molecular weight excluding hydrogens is 422 g/mol. The molecule has 0 spiro atoms. The SMILES string of the molecule is Cc1ccc(F)c(C(=O)N[C@@H](CCC[NH+]=C(N)NN=O)C(=O)N[C@@H](CC(C)C)B(O)O)c1. The third kappa shape index (κ3) is 9.39. The van der Waals surface area contributed by atoms with Gasteiger partial charge < -0.3 is 20.7 Å². The Morgan fingerprint density at radius 1 is 1.28 bits per heavy atom. The maximum absolute atomic E-state index is 14.1. The zero-order valence-electron chi connectivity index (χ0n) is 18.4. The van der Waals surface area contributed by atoms with E-state index < -0.39 is 36.7 Å². The minimum atomic E-state index is -1.79. The van der Waals surface area contributed by atoms with Gasteiger partial charge in [-0.15, -0.1) is 10.3 Å². The Morgan fingerprint density at radius 2 is 1.97 bits per heavy atom. The first-order chi connectivity index (χ1) is 15.0. The van der Waals surface area contributed by atoms with Gasteiger partial charge in [-0.1, -0.05) is 25.5 Å². The molecule has 0 aliphatic heterocycles. The highest BCUT2D eigenvalue weighted by Crippen LogP contribution is 2.12. The van der Waals surface area contributed by atoms with E-state index in [0.717, 1.165) is 6.07 Å². The molecule has 176 valence electrons. The van der Waals surface area contributed by atoms with Crippen molar-refractivity contribution in [1.29, 1.82) is 0 Å². The highest BCUT2D eigenvalue weighted by Gasteiger charge is 2.30. The minimum Gasteiger partial charge on any atom is -0.426 e. The summed E-state index contributed by atoms with van der Waals surface area (Å²) < 4.78 is 14.1. The molecule has 0 radical (unpaired) electrons. The molecule has 0 bridgehead atoms. The second-order valence-corrected chi connectivity index (χ2v) is 7.85. The molecule has 8 N–H and O–H groups in total. The summed E-state index contributed by atoms with van der Waals surface area (Å²) in [6.45, 7) is 5.66. The molecule has 0 unspecified atom stereocenters. The van der Waals surface area contributed by atoms with E-state index in [-0.39, 0.29) is 30.4 Å². The number of amides is 2. The second kappa shape index (κ2) is 13.4. The van der Waals surface area contributed by atoms with Crippen LogP contribution in [0, 0.1) is 23.6 Å². The van der Waals surface area contributed by atoms with Crippen LogP contribution >= 0.6 is 0 Å². The molecule has 13 heteroatoms. The average molecular weight is 453 g/mol. The second-order valence-electron chi connectivity index (χ2n) is 7.85. The molecule has 0 aromatic heterocycles. The number of rotatable bonds is 12. The van der Waals surface area contributed by atoms with Crippen molar-refractivity contribution in [3.8, 4) is 0 Å². The van der Waals surface area contributed by atoms with Crippen LogP contribution in [0.15, 0.2) is 23.5 Å². The Morgan fingerprint density at radius 3 is 2.56 bits per heavy atom. The summed E-state index contributed by atoms with van der Waals surface area (Å²) in [4.78, 5) is 38.2. The van der Waals surface area contributed by atoms with Crippen LogP contribution in [0.25, 0.3) is 0 Å². The molecule has 0 saturated carbocycles. The first-order valence-electron chi connectivity index (χ1n) is 10.2. The van der Waals surface area contributed by atoms with Gasteiger partial charge in [-0.25, -0.2) is 4.39 Å². The van der Waals surface area contributed by atoms with Gasteiger partial charge in [0, 0.05) is 0 Å². The van der Waals surface area contributed by atoms with Crippen molar-refractivity contribution < 1.29 is 29.0 Å². The van der Waals surface area contributed by atoms with E-state index in [1.807, 2.05) is 19.3 Å². The van der Waals surface area contributed by atoms with Crippen LogP contribution in [-0.2, 0) is 4.79 Å². The molecule has 0 fully saturated rings. The predicted octanol–water partition coefficient (Wildman–Crippen LogP) is -1.78. The van der Waals surface area contributed by atoms with Crippen LogP contribution in [0.4, 0.5) is 4.39 Å². The van der Waals surface area contributed by atoms with E-state index in [2.05, 4.69) is 20.9 Å². The number of hydrogen-bond donors (Lipinski definition) is 7. The highest BCUT2D eigenvalue weighted by molar-refractivity contribution is 6.43. The van der Waals surface area contributed by atoms with E-state index in [1.165, 1.54) is 12.1 Å². The molecule has 1 aromatic carbocycles. The molecule has 32 heavy (non-hydrogen) atoms. The Balaban J connectivity index is 2.96. The number of nitrogens with zero attached hydrogens (tertiary/aromatic N) is 1. The fourth-order valence-electron chi connectivity index (χ4n) is 2.98. The summed E-state index contributed by atoms with van der Waals surface area (Å²) in [5.74, 6) is -3.10. The van der Waals surface area contributed by atoms with Crippen molar-refractivity contribution in [2.24, 2.45) is 16.9 Å². The van der Waals surface area contributed by atoms with Crippen LogP contribution < -0.4 is 26.8 Å². The Hall–Kier alpha value is -3.06. The number of nitrogens with one attached hydrogen (secondary N) is 4. The van der Waals surface area contributed by atoms with Gasteiger partial charge in [0.05, 0.1) is 18.0 Å². The summed E-state index contributed by atoms with van der Waals surface area (Å²) in [5, 5.41) is 26.6. The molecule has 0 saturated heterocycles. The zero-order valence-corrected chi connectivity index (χ0v) is 18.4. The zero-order chi connectivity index (χ0) is 24.3. The minimum absolute atomic E-state index is 0.0678. The molecule has 2 atom stereocenters. The third-order valence-corrected chi connectivity index (χ3v) is 4.55. The van der Waals surface area contributed by atoms with Gasteiger partial charge in [-0.3, -0.25) is 20.3 Å². The number of carbonyl (C=O) groups is 2. The van der Waals surface area contributed by atoms with Crippen molar-refractivity contribution in [2.75, 3.05) is 6.54 Å². The molecule has 0 heterocycles. The van der Waals surface area contributed by atoms with Gasteiger partial charge in [-0.2, -0.15) is 0 Å². The highest BCUT2D eigenvalue weighted by atomic mass is 19.1. The van der Waals surface area contributed by atoms with Crippen LogP contribution in [0.1, 0.15) is 49.0 Å². The number of carbonyl (C=O) groups excluding carboxylic acids is 2. The van der Waals surface area contributed by atoms with Gasteiger partial charge in [0.15, 0.2) is 0 Å². The molecule has 11 nitrogen and oxygen atoms in total.